The van der Waals surface area contributed by atoms with E-state index in [1.807, 2.05) is 0 Å². The summed E-state index contributed by atoms with van der Waals surface area (Å²) in [5.74, 6) is 1.59. The summed E-state index contributed by atoms with van der Waals surface area (Å²) in [5.41, 5.74) is 1.47. The normalized spacial score (nSPS) is 16.3. The zero-order valence-corrected chi connectivity index (χ0v) is 13.2. The molecule has 0 N–H and O–H groups in total. The molecule has 1 aromatic heterocycles. The molecule has 112 valence electrons. The summed E-state index contributed by atoms with van der Waals surface area (Å²) in [5, 5.41) is 1.06. The van der Waals surface area contributed by atoms with Crippen LogP contribution in [0.25, 0.3) is 0 Å². The van der Waals surface area contributed by atoms with Gasteiger partial charge in [-0.05, 0) is 24.3 Å². The van der Waals surface area contributed by atoms with Crippen LogP contribution in [0.2, 0.25) is 0 Å². The smallest absolute Gasteiger partial charge is 0.205 e. The van der Waals surface area contributed by atoms with Crippen LogP contribution in [0, 0.1) is 0 Å². The molecule has 1 fully saturated rings. The van der Waals surface area contributed by atoms with Gasteiger partial charge in [-0.15, -0.1) is 0 Å². The standard InChI is InChI=1S/C16H21N3OS/c1-20-12-9-15-17-16(21-18-15)19-10-7-14(8-11-19)13-5-3-2-4-6-13/h2-6,14H,7-12H2,1H3. The van der Waals surface area contributed by atoms with Gasteiger partial charge in [-0.2, -0.15) is 4.37 Å². The Morgan fingerprint density at radius 1 is 1.24 bits per heavy atom. The zero-order valence-electron chi connectivity index (χ0n) is 12.4. The Balaban J connectivity index is 1.57. The summed E-state index contributed by atoms with van der Waals surface area (Å²) < 4.78 is 9.49. The van der Waals surface area contributed by atoms with Crippen LogP contribution in [0.15, 0.2) is 30.3 Å². The zero-order chi connectivity index (χ0) is 14.5. The molecule has 1 aliphatic heterocycles. The van der Waals surface area contributed by atoms with E-state index in [9.17, 15) is 0 Å². The van der Waals surface area contributed by atoms with Gasteiger partial charge in [0, 0.05) is 38.2 Å². The molecule has 0 aliphatic carbocycles. The lowest BCUT2D eigenvalue weighted by molar-refractivity contribution is 0.201. The van der Waals surface area contributed by atoms with Gasteiger partial charge in [-0.25, -0.2) is 4.98 Å². The Morgan fingerprint density at radius 2 is 2.00 bits per heavy atom. The number of hydrogen-bond acceptors (Lipinski definition) is 5. The molecule has 2 heterocycles. The van der Waals surface area contributed by atoms with E-state index in [2.05, 4.69) is 44.6 Å². The maximum absolute atomic E-state index is 5.07. The van der Waals surface area contributed by atoms with Gasteiger partial charge in [0.25, 0.3) is 0 Å². The predicted octanol–water partition coefficient (Wildman–Crippen LogP) is 3.11. The van der Waals surface area contributed by atoms with Gasteiger partial charge in [0.05, 0.1) is 6.61 Å². The van der Waals surface area contributed by atoms with Gasteiger partial charge in [-0.3, -0.25) is 0 Å². The number of nitrogens with zero attached hydrogens (tertiary/aromatic N) is 3. The van der Waals surface area contributed by atoms with E-state index >= 15 is 0 Å². The summed E-state index contributed by atoms with van der Waals surface area (Å²) >= 11 is 1.51. The molecule has 2 aromatic rings. The maximum atomic E-state index is 5.07. The van der Waals surface area contributed by atoms with Crippen molar-refractivity contribution in [2.24, 2.45) is 0 Å². The van der Waals surface area contributed by atoms with Gasteiger partial charge < -0.3 is 9.64 Å². The molecule has 3 rings (SSSR count). The molecular weight excluding hydrogens is 282 g/mol. The van der Waals surface area contributed by atoms with E-state index in [0.717, 1.165) is 30.5 Å². The van der Waals surface area contributed by atoms with Crippen molar-refractivity contribution in [3.63, 3.8) is 0 Å². The summed E-state index contributed by atoms with van der Waals surface area (Å²) in [7, 11) is 1.71. The fraction of sp³-hybridized carbons (Fsp3) is 0.500. The Labute approximate surface area is 129 Å². The Hall–Kier alpha value is -1.46. The van der Waals surface area contributed by atoms with Crippen molar-refractivity contribution in [2.75, 3.05) is 31.7 Å². The molecule has 0 spiro atoms. The second kappa shape index (κ2) is 7.00. The first-order valence-corrected chi connectivity index (χ1v) is 8.25. The first-order chi connectivity index (χ1) is 10.4. The lowest BCUT2D eigenvalue weighted by Gasteiger charge is -2.31. The number of hydrogen-bond donors (Lipinski definition) is 0. The highest BCUT2D eigenvalue weighted by molar-refractivity contribution is 7.09. The molecule has 0 bridgehead atoms. The molecule has 0 atom stereocenters. The third-order valence-corrected chi connectivity index (χ3v) is 4.84. The van der Waals surface area contributed by atoms with Crippen molar-refractivity contribution in [2.45, 2.75) is 25.2 Å². The maximum Gasteiger partial charge on any atom is 0.205 e. The molecule has 0 saturated carbocycles. The number of piperidine rings is 1. The highest BCUT2D eigenvalue weighted by Gasteiger charge is 2.22. The third-order valence-electron chi connectivity index (χ3n) is 4.02. The van der Waals surface area contributed by atoms with E-state index in [1.54, 1.807) is 7.11 Å². The number of benzene rings is 1. The molecular formula is C16H21N3OS. The minimum Gasteiger partial charge on any atom is -0.384 e. The molecule has 1 aliphatic rings. The highest BCUT2D eigenvalue weighted by Crippen LogP contribution is 2.30. The van der Waals surface area contributed by atoms with Crippen LogP contribution in [0.1, 0.15) is 30.1 Å². The highest BCUT2D eigenvalue weighted by atomic mass is 32.1. The molecule has 5 heteroatoms. The molecule has 0 amide bonds. The van der Waals surface area contributed by atoms with Crippen LogP contribution in [0.4, 0.5) is 5.13 Å². The van der Waals surface area contributed by atoms with Crippen LogP contribution in [0.5, 0.6) is 0 Å². The van der Waals surface area contributed by atoms with Crippen molar-refractivity contribution >= 4 is 16.7 Å². The van der Waals surface area contributed by atoms with Gasteiger partial charge in [0.2, 0.25) is 5.13 Å². The minimum absolute atomic E-state index is 0.684. The summed E-state index contributed by atoms with van der Waals surface area (Å²) in [6, 6.07) is 10.8. The predicted molar refractivity (Wildman–Crippen MR) is 86.1 cm³/mol. The number of ether oxygens (including phenoxy) is 1. The number of aromatic nitrogens is 2. The Kier molecular flexibility index (Phi) is 4.83. The van der Waals surface area contributed by atoms with Crippen molar-refractivity contribution in [1.82, 2.24) is 9.36 Å². The first kappa shape index (κ1) is 14.5. The van der Waals surface area contributed by atoms with Crippen LogP contribution < -0.4 is 4.90 Å². The fourth-order valence-corrected chi connectivity index (χ4v) is 3.56. The molecule has 0 radical (unpaired) electrons. The SMILES string of the molecule is COCCc1nsc(N2CCC(c3ccccc3)CC2)n1. The Bertz CT molecular complexity index is 550. The van der Waals surface area contributed by atoms with Crippen LogP contribution in [-0.2, 0) is 11.2 Å². The van der Waals surface area contributed by atoms with E-state index in [-0.39, 0.29) is 0 Å². The van der Waals surface area contributed by atoms with Crippen LogP contribution >= 0.6 is 11.5 Å². The lowest BCUT2D eigenvalue weighted by atomic mass is 9.90. The molecule has 1 aromatic carbocycles. The summed E-state index contributed by atoms with van der Waals surface area (Å²) in [6.45, 7) is 2.82. The Morgan fingerprint density at radius 3 is 2.71 bits per heavy atom. The fourth-order valence-electron chi connectivity index (χ4n) is 2.80. The van der Waals surface area contributed by atoms with E-state index in [1.165, 1.54) is 29.9 Å². The van der Waals surface area contributed by atoms with Crippen LogP contribution in [-0.4, -0.2) is 36.2 Å². The summed E-state index contributed by atoms with van der Waals surface area (Å²) in [4.78, 5) is 6.99. The average molecular weight is 303 g/mol. The van der Waals surface area contributed by atoms with Gasteiger partial charge in [0.15, 0.2) is 0 Å². The van der Waals surface area contributed by atoms with Crippen molar-refractivity contribution in [3.8, 4) is 0 Å². The lowest BCUT2D eigenvalue weighted by Crippen LogP contribution is -2.32. The molecule has 1 saturated heterocycles. The van der Waals surface area contributed by atoms with Gasteiger partial charge in [0.1, 0.15) is 5.82 Å². The molecule has 0 unspecified atom stereocenters. The first-order valence-electron chi connectivity index (χ1n) is 7.48. The average Bonchev–Trinajstić information content (AvgIpc) is 3.03. The number of rotatable bonds is 5. The third kappa shape index (κ3) is 3.60. The monoisotopic (exact) mass is 303 g/mol. The van der Waals surface area contributed by atoms with E-state index in [0.29, 0.717) is 12.5 Å². The quantitative estimate of drug-likeness (QED) is 0.850. The molecule has 21 heavy (non-hydrogen) atoms. The van der Waals surface area contributed by atoms with Crippen LogP contribution in [0.3, 0.4) is 0 Å². The van der Waals surface area contributed by atoms with Gasteiger partial charge >= 0.3 is 0 Å². The van der Waals surface area contributed by atoms with E-state index in [4.69, 9.17) is 4.74 Å². The largest absolute Gasteiger partial charge is 0.384 e. The second-order valence-electron chi connectivity index (χ2n) is 5.41. The second-order valence-corrected chi connectivity index (χ2v) is 6.14. The van der Waals surface area contributed by atoms with Crippen molar-refractivity contribution in [1.29, 1.82) is 0 Å². The molecule has 4 nitrogen and oxygen atoms in total. The summed E-state index contributed by atoms with van der Waals surface area (Å²) in [6.07, 6.45) is 3.18. The number of methoxy groups -OCH3 is 1. The van der Waals surface area contributed by atoms with Crippen molar-refractivity contribution in [3.05, 3.63) is 41.7 Å². The number of anilines is 1. The van der Waals surface area contributed by atoms with E-state index < -0.39 is 0 Å². The van der Waals surface area contributed by atoms with Crippen molar-refractivity contribution < 1.29 is 4.74 Å². The topological polar surface area (TPSA) is 38.2 Å². The minimum atomic E-state index is 0.684. The van der Waals surface area contributed by atoms with Gasteiger partial charge in [-0.1, -0.05) is 30.3 Å².